The number of carbonyl (C=O) groups excluding carboxylic acids is 1. The maximum absolute atomic E-state index is 13.2. The summed E-state index contributed by atoms with van der Waals surface area (Å²) < 4.78 is 9.54. The van der Waals surface area contributed by atoms with Crippen molar-refractivity contribution in [2.75, 3.05) is 19.5 Å². The van der Waals surface area contributed by atoms with E-state index in [1.54, 1.807) is 19.5 Å². The van der Waals surface area contributed by atoms with Crippen molar-refractivity contribution in [1.29, 1.82) is 0 Å². The third-order valence-corrected chi connectivity index (χ3v) is 6.77. The van der Waals surface area contributed by atoms with Crippen molar-refractivity contribution in [2.24, 2.45) is 0 Å². The zero-order valence-electron chi connectivity index (χ0n) is 19.9. The molecular weight excluding hydrogens is 446 g/mol. The molecule has 0 aliphatic heterocycles. The van der Waals surface area contributed by atoms with Crippen LogP contribution in [0.4, 0.5) is 0 Å². The fourth-order valence-electron chi connectivity index (χ4n) is 4.28. The highest BCUT2D eigenvalue weighted by atomic mass is 32.2. The Morgan fingerprint density at radius 1 is 1.09 bits per heavy atom. The predicted molar refractivity (Wildman–Crippen MR) is 134 cm³/mol. The number of hydrogen-bond donors (Lipinski definition) is 0. The Balaban J connectivity index is 1.58. The molecule has 8 heteroatoms. The number of benzene rings is 1. The summed E-state index contributed by atoms with van der Waals surface area (Å²) in [5.41, 5.74) is 4.85. The normalized spacial score (nSPS) is 12.1. The summed E-state index contributed by atoms with van der Waals surface area (Å²) in [7, 11) is 1.69. The quantitative estimate of drug-likeness (QED) is 0.238. The molecule has 176 valence electrons. The van der Waals surface area contributed by atoms with E-state index in [1.165, 1.54) is 11.8 Å². The van der Waals surface area contributed by atoms with E-state index in [0.29, 0.717) is 18.3 Å². The van der Waals surface area contributed by atoms with Gasteiger partial charge in [0.2, 0.25) is 0 Å². The van der Waals surface area contributed by atoms with Crippen LogP contribution >= 0.6 is 11.8 Å². The van der Waals surface area contributed by atoms with Crippen molar-refractivity contribution in [3.8, 4) is 11.4 Å². The molecule has 0 aliphatic rings. The van der Waals surface area contributed by atoms with E-state index < -0.39 is 0 Å². The van der Waals surface area contributed by atoms with Crippen LogP contribution in [0.2, 0.25) is 0 Å². The lowest BCUT2D eigenvalue weighted by Crippen LogP contribution is -2.15. The number of ether oxygens (including phenoxy) is 1. The molecule has 34 heavy (non-hydrogen) atoms. The standard InChI is InChI=1S/C26H29N5O2S/c1-18-14-23(20(3)31(18)19(2)16-33-4)24(32)17-34-26-29-28-25(22-10-12-27-13-11-22)30(26)15-21-8-6-5-7-9-21/h5-14,19H,15-17H2,1-4H3. The number of hydrogen-bond acceptors (Lipinski definition) is 6. The molecule has 0 radical (unpaired) electrons. The lowest BCUT2D eigenvalue weighted by Gasteiger charge is -2.17. The summed E-state index contributed by atoms with van der Waals surface area (Å²) in [5, 5.41) is 9.59. The lowest BCUT2D eigenvalue weighted by atomic mass is 10.2. The fraction of sp³-hybridized carbons (Fsp3) is 0.308. The number of aromatic nitrogens is 5. The molecule has 4 rings (SSSR count). The number of aryl methyl sites for hydroxylation is 1. The van der Waals surface area contributed by atoms with Crippen LogP contribution in [0.5, 0.6) is 0 Å². The summed E-state index contributed by atoms with van der Waals surface area (Å²) in [5.74, 6) is 1.12. The van der Waals surface area contributed by atoms with Gasteiger partial charge in [-0.3, -0.25) is 14.3 Å². The zero-order chi connectivity index (χ0) is 24.1. The first-order valence-electron chi connectivity index (χ1n) is 11.2. The molecule has 1 atom stereocenters. The van der Waals surface area contributed by atoms with Gasteiger partial charge in [-0.1, -0.05) is 42.1 Å². The van der Waals surface area contributed by atoms with Crippen LogP contribution in [-0.2, 0) is 11.3 Å². The summed E-state index contributed by atoms with van der Waals surface area (Å²) in [6, 6.07) is 16.2. The van der Waals surface area contributed by atoms with Crippen LogP contribution in [0.25, 0.3) is 11.4 Å². The maximum atomic E-state index is 13.2. The third-order valence-electron chi connectivity index (χ3n) is 5.80. The molecule has 7 nitrogen and oxygen atoms in total. The number of Topliss-reactive ketones (excluding diaryl/α,β-unsaturated/α-hetero) is 1. The third kappa shape index (κ3) is 5.13. The molecule has 0 aliphatic carbocycles. The van der Waals surface area contributed by atoms with E-state index in [2.05, 4.69) is 43.4 Å². The average molecular weight is 476 g/mol. The van der Waals surface area contributed by atoms with E-state index in [1.807, 2.05) is 50.2 Å². The molecule has 1 aromatic carbocycles. The molecule has 0 N–H and O–H groups in total. The molecule has 0 saturated heterocycles. The SMILES string of the molecule is COCC(C)n1c(C)cc(C(=O)CSc2nnc(-c3ccncc3)n2Cc2ccccc2)c1C. The van der Waals surface area contributed by atoms with E-state index in [0.717, 1.165) is 33.9 Å². The monoisotopic (exact) mass is 475 g/mol. The van der Waals surface area contributed by atoms with Crippen molar-refractivity contribution in [1.82, 2.24) is 24.3 Å². The highest BCUT2D eigenvalue weighted by Gasteiger charge is 2.21. The van der Waals surface area contributed by atoms with Crippen LogP contribution in [0, 0.1) is 13.8 Å². The van der Waals surface area contributed by atoms with Gasteiger partial charge in [0.15, 0.2) is 16.8 Å². The highest BCUT2D eigenvalue weighted by molar-refractivity contribution is 7.99. The van der Waals surface area contributed by atoms with Crippen LogP contribution in [0.3, 0.4) is 0 Å². The number of pyridine rings is 1. The number of thioether (sulfide) groups is 1. The number of carbonyl (C=O) groups is 1. The van der Waals surface area contributed by atoms with Crippen molar-refractivity contribution >= 4 is 17.5 Å². The Morgan fingerprint density at radius 3 is 2.53 bits per heavy atom. The Hall–Kier alpha value is -3.23. The predicted octanol–water partition coefficient (Wildman–Crippen LogP) is 4.99. The Morgan fingerprint density at radius 2 is 1.82 bits per heavy atom. The smallest absolute Gasteiger partial charge is 0.192 e. The van der Waals surface area contributed by atoms with Gasteiger partial charge in [0.1, 0.15) is 0 Å². The van der Waals surface area contributed by atoms with Gasteiger partial charge in [-0.2, -0.15) is 0 Å². The summed E-state index contributed by atoms with van der Waals surface area (Å²) in [6.07, 6.45) is 3.49. The number of ketones is 1. The number of rotatable bonds is 10. The van der Waals surface area contributed by atoms with Crippen molar-refractivity contribution < 1.29 is 9.53 Å². The molecule has 3 heterocycles. The first kappa shape index (κ1) is 23.9. The first-order chi connectivity index (χ1) is 16.5. The topological polar surface area (TPSA) is 74.8 Å². The van der Waals surface area contributed by atoms with Crippen molar-refractivity contribution in [2.45, 2.75) is 38.5 Å². The van der Waals surface area contributed by atoms with Gasteiger partial charge in [-0.15, -0.1) is 10.2 Å². The molecule has 0 amide bonds. The van der Waals surface area contributed by atoms with Crippen molar-refractivity contribution in [3.05, 3.63) is 83.4 Å². The van der Waals surface area contributed by atoms with Crippen LogP contribution in [0.15, 0.2) is 66.1 Å². The average Bonchev–Trinajstić information content (AvgIpc) is 3.38. The molecule has 0 fully saturated rings. The highest BCUT2D eigenvalue weighted by Crippen LogP contribution is 2.27. The van der Waals surface area contributed by atoms with E-state index in [4.69, 9.17) is 4.74 Å². The maximum Gasteiger partial charge on any atom is 0.192 e. The van der Waals surface area contributed by atoms with E-state index in [-0.39, 0.29) is 17.6 Å². The zero-order valence-corrected chi connectivity index (χ0v) is 20.7. The van der Waals surface area contributed by atoms with Gasteiger partial charge in [0.25, 0.3) is 0 Å². The summed E-state index contributed by atoms with van der Waals surface area (Å²) in [4.78, 5) is 17.3. The second-order valence-corrected chi connectivity index (χ2v) is 9.23. The van der Waals surface area contributed by atoms with Gasteiger partial charge in [-0.25, -0.2) is 0 Å². The van der Waals surface area contributed by atoms with Gasteiger partial charge < -0.3 is 9.30 Å². The van der Waals surface area contributed by atoms with E-state index >= 15 is 0 Å². The summed E-state index contributed by atoms with van der Waals surface area (Å²) in [6.45, 7) is 7.33. The minimum atomic E-state index is 0.0775. The van der Waals surface area contributed by atoms with Crippen LogP contribution in [0.1, 0.15) is 40.3 Å². The Kier molecular flexibility index (Phi) is 7.59. The second-order valence-electron chi connectivity index (χ2n) is 8.28. The molecule has 4 aromatic rings. The largest absolute Gasteiger partial charge is 0.383 e. The van der Waals surface area contributed by atoms with E-state index in [9.17, 15) is 4.79 Å². The Bertz CT molecular complexity index is 1250. The molecule has 3 aromatic heterocycles. The Labute approximate surface area is 204 Å². The molecule has 0 bridgehead atoms. The number of methoxy groups -OCH3 is 1. The minimum absolute atomic E-state index is 0.0775. The van der Waals surface area contributed by atoms with Crippen LogP contribution in [-0.4, -0.2) is 49.6 Å². The van der Waals surface area contributed by atoms with Gasteiger partial charge in [-0.05, 0) is 44.5 Å². The molecule has 1 unspecified atom stereocenters. The van der Waals surface area contributed by atoms with Gasteiger partial charge in [0, 0.05) is 42.0 Å². The fourth-order valence-corrected chi connectivity index (χ4v) is 5.10. The first-order valence-corrected chi connectivity index (χ1v) is 12.2. The van der Waals surface area contributed by atoms with Gasteiger partial charge in [0.05, 0.1) is 24.9 Å². The summed E-state index contributed by atoms with van der Waals surface area (Å²) >= 11 is 1.42. The van der Waals surface area contributed by atoms with Gasteiger partial charge >= 0.3 is 0 Å². The minimum Gasteiger partial charge on any atom is -0.383 e. The second kappa shape index (κ2) is 10.8. The van der Waals surface area contributed by atoms with Crippen molar-refractivity contribution in [3.63, 3.8) is 0 Å². The molecule has 0 spiro atoms. The molecule has 0 saturated carbocycles. The lowest BCUT2D eigenvalue weighted by molar-refractivity contribution is 0.102. The number of nitrogens with zero attached hydrogens (tertiary/aromatic N) is 5. The molecular formula is C26H29N5O2S. The van der Waals surface area contributed by atoms with Crippen LogP contribution < -0.4 is 0 Å².